The molecule has 88 valence electrons. The highest BCUT2D eigenvalue weighted by Crippen LogP contribution is 2.32. The van der Waals surface area contributed by atoms with E-state index in [9.17, 15) is 4.79 Å². The molecule has 1 rings (SSSR count). The highest BCUT2D eigenvalue weighted by atomic mass is 16.5. The maximum atomic E-state index is 11.3. The van der Waals surface area contributed by atoms with E-state index in [0.29, 0.717) is 6.42 Å². The topological polar surface area (TPSA) is 26.3 Å². The summed E-state index contributed by atoms with van der Waals surface area (Å²) in [5.74, 6) is 1.09. The summed E-state index contributed by atoms with van der Waals surface area (Å²) in [6, 6.07) is 7.99. The van der Waals surface area contributed by atoms with E-state index in [4.69, 9.17) is 4.74 Å². The van der Waals surface area contributed by atoms with Crippen molar-refractivity contribution >= 4 is 5.78 Å². The summed E-state index contributed by atoms with van der Waals surface area (Å²) in [6.07, 6.45) is 1.55. The van der Waals surface area contributed by atoms with Crippen molar-refractivity contribution in [2.45, 2.75) is 39.0 Å². The van der Waals surface area contributed by atoms with E-state index in [1.165, 1.54) is 5.56 Å². The van der Waals surface area contributed by atoms with Gasteiger partial charge in [0, 0.05) is 6.42 Å². The number of hydrogen-bond donors (Lipinski definition) is 0. The first kappa shape index (κ1) is 12.8. The van der Waals surface area contributed by atoms with Gasteiger partial charge in [0.15, 0.2) is 0 Å². The molecule has 0 saturated carbocycles. The van der Waals surface area contributed by atoms with Crippen molar-refractivity contribution in [2.75, 3.05) is 7.11 Å². The lowest BCUT2D eigenvalue weighted by Crippen LogP contribution is -2.23. The third-order valence-corrected chi connectivity index (χ3v) is 3.21. The minimum Gasteiger partial charge on any atom is -0.497 e. The smallest absolute Gasteiger partial charge is 0.130 e. The Bertz CT molecular complexity index is 354. The molecule has 0 heterocycles. The standard InChI is InChI=1S/C14H20O2/c1-5-14(3,10-11(2)15)12-6-8-13(16-4)9-7-12/h6-9H,5,10H2,1-4H3. The minimum absolute atomic E-state index is 0.0574. The molecule has 1 unspecified atom stereocenters. The van der Waals surface area contributed by atoms with E-state index in [1.54, 1.807) is 14.0 Å². The second-order valence-corrected chi connectivity index (χ2v) is 4.52. The number of carbonyl (C=O) groups excluding carboxylic acids is 1. The van der Waals surface area contributed by atoms with Gasteiger partial charge in [0.2, 0.25) is 0 Å². The van der Waals surface area contributed by atoms with E-state index < -0.39 is 0 Å². The van der Waals surface area contributed by atoms with Crippen LogP contribution in [-0.4, -0.2) is 12.9 Å². The fraction of sp³-hybridized carbons (Fsp3) is 0.500. The Morgan fingerprint density at radius 2 is 1.88 bits per heavy atom. The molecule has 0 fully saturated rings. The number of ether oxygens (including phenoxy) is 1. The van der Waals surface area contributed by atoms with Crippen LogP contribution in [-0.2, 0) is 10.2 Å². The number of carbonyl (C=O) groups is 1. The number of benzene rings is 1. The zero-order valence-corrected chi connectivity index (χ0v) is 10.5. The lowest BCUT2D eigenvalue weighted by molar-refractivity contribution is -0.118. The lowest BCUT2D eigenvalue weighted by Gasteiger charge is -2.27. The lowest BCUT2D eigenvalue weighted by atomic mass is 9.76. The summed E-state index contributed by atoms with van der Waals surface area (Å²) in [6.45, 7) is 5.90. The summed E-state index contributed by atoms with van der Waals surface area (Å²) >= 11 is 0. The van der Waals surface area contributed by atoms with E-state index in [1.807, 2.05) is 24.3 Å². The third-order valence-electron chi connectivity index (χ3n) is 3.21. The highest BCUT2D eigenvalue weighted by Gasteiger charge is 2.26. The van der Waals surface area contributed by atoms with E-state index in [-0.39, 0.29) is 11.2 Å². The van der Waals surface area contributed by atoms with Gasteiger partial charge in [-0.3, -0.25) is 4.79 Å². The zero-order chi connectivity index (χ0) is 12.2. The molecule has 0 radical (unpaired) electrons. The molecule has 1 aromatic carbocycles. The van der Waals surface area contributed by atoms with Gasteiger partial charge in [-0.15, -0.1) is 0 Å². The fourth-order valence-corrected chi connectivity index (χ4v) is 1.97. The second kappa shape index (κ2) is 5.15. The molecule has 0 aliphatic rings. The SMILES string of the molecule is CCC(C)(CC(C)=O)c1ccc(OC)cc1. The molecule has 0 spiro atoms. The van der Waals surface area contributed by atoms with E-state index >= 15 is 0 Å². The monoisotopic (exact) mass is 220 g/mol. The van der Waals surface area contributed by atoms with Gasteiger partial charge in [0.1, 0.15) is 11.5 Å². The summed E-state index contributed by atoms with van der Waals surface area (Å²) in [5, 5.41) is 0. The molecular formula is C14H20O2. The molecule has 16 heavy (non-hydrogen) atoms. The van der Waals surface area contributed by atoms with Crippen molar-refractivity contribution in [3.05, 3.63) is 29.8 Å². The Kier molecular flexibility index (Phi) is 4.11. The Labute approximate surface area is 97.6 Å². The Balaban J connectivity index is 2.98. The zero-order valence-electron chi connectivity index (χ0n) is 10.5. The molecule has 0 aliphatic carbocycles. The molecule has 0 saturated heterocycles. The Hall–Kier alpha value is -1.31. The van der Waals surface area contributed by atoms with Crippen molar-refractivity contribution in [3.8, 4) is 5.75 Å². The predicted octanol–water partition coefficient (Wildman–Crippen LogP) is 3.34. The van der Waals surface area contributed by atoms with Crippen LogP contribution in [0.2, 0.25) is 0 Å². The van der Waals surface area contributed by atoms with E-state index in [2.05, 4.69) is 13.8 Å². The normalized spacial score (nSPS) is 14.2. The first-order valence-electron chi connectivity index (χ1n) is 5.66. The molecule has 2 nitrogen and oxygen atoms in total. The summed E-state index contributed by atoms with van der Waals surface area (Å²) in [5.41, 5.74) is 1.14. The van der Waals surface area contributed by atoms with Crippen LogP contribution in [0.4, 0.5) is 0 Å². The van der Waals surface area contributed by atoms with Crippen molar-refractivity contribution in [1.82, 2.24) is 0 Å². The molecular weight excluding hydrogens is 200 g/mol. The summed E-state index contributed by atoms with van der Waals surface area (Å²) in [4.78, 5) is 11.3. The second-order valence-electron chi connectivity index (χ2n) is 4.52. The van der Waals surface area contributed by atoms with Crippen molar-refractivity contribution in [2.24, 2.45) is 0 Å². The van der Waals surface area contributed by atoms with E-state index in [0.717, 1.165) is 12.2 Å². The van der Waals surface area contributed by atoms with Crippen LogP contribution in [0.5, 0.6) is 5.75 Å². The third kappa shape index (κ3) is 2.84. The molecule has 0 N–H and O–H groups in total. The van der Waals surface area contributed by atoms with Crippen LogP contribution in [0.25, 0.3) is 0 Å². The first-order valence-corrected chi connectivity index (χ1v) is 5.66. The van der Waals surface area contributed by atoms with Gasteiger partial charge in [-0.05, 0) is 36.5 Å². The van der Waals surface area contributed by atoms with Gasteiger partial charge in [-0.25, -0.2) is 0 Å². The molecule has 0 aromatic heterocycles. The van der Waals surface area contributed by atoms with Crippen LogP contribution >= 0.6 is 0 Å². The maximum Gasteiger partial charge on any atom is 0.130 e. The fourth-order valence-electron chi connectivity index (χ4n) is 1.97. The average Bonchev–Trinajstić information content (AvgIpc) is 2.28. The number of rotatable bonds is 5. The van der Waals surface area contributed by atoms with Crippen LogP contribution in [0.15, 0.2) is 24.3 Å². The molecule has 0 aliphatic heterocycles. The van der Waals surface area contributed by atoms with Crippen molar-refractivity contribution < 1.29 is 9.53 Å². The molecule has 0 bridgehead atoms. The molecule has 2 heteroatoms. The Morgan fingerprint density at radius 1 is 1.31 bits per heavy atom. The first-order chi connectivity index (χ1) is 7.51. The number of methoxy groups -OCH3 is 1. The molecule has 0 amide bonds. The quantitative estimate of drug-likeness (QED) is 0.760. The van der Waals surface area contributed by atoms with Gasteiger partial charge < -0.3 is 4.74 Å². The predicted molar refractivity (Wildman–Crippen MR) is 65.9 cm³/mol. The maximum absolute atomic E-state index is 11.3. The van der Waals surface area contributed by atoms with Gasteiger partial charge in [-0.2, -0.15) is 0 Å². The Morgan fingerprint density at radius 3 is 2.25 bits per heavy atom. The van der Waals surface area contributed by atoms with Crippen LogP contribution < -0.4 is 4.74 Å². The number of Topliss-reactive ketones (excluding diaryl/α,β-unsaturated/α-hetero) is 1. The minimum atomic E-state index is -0.0574. The summed E-state index contributed by atoms with van der Waals surface area (Å²) in [7, 11) is 1.66. The number of hydrogen-bond acceptors (Lipinski definition) is 2. The van der Waals surface area contributed by atoms with Crippen LogP contribution in [0, 0.1) is 0 Å². The summed E-state index contributed by atoms with van der Waals surface area (Å²) < 4.78 is 5.13. The van der Waals surface area contributed by atoms with Crippen LogP contribution in [0.3, 0.4) is 0 Å². The van der Waals surface area contributed by atoms with Crippen molar-refractivity contribution in [1.29, 1.82) is 0 Å². The average molecular weight is 220 g/mol. The van der Waals surface area contributed by atoms with Gasteiger partial charge in [0.25, 0.3) is 0 Å². The van der Waals surface area contributed by atoms with Crippen molar-refractivity contribution in [3.63, 3.8) is 0 Å². The largest absolute Gasteiger partial charge is 0.497 e. The number of ketones is 1. The van der Waals surface area contributed by atoms with Gasteiger partial charge >= 0.3 is 0 Å². The highest BCUT2D eigenvalue weighted by molar-refractivity contribution is 5.77. The van der Waals surface area contributed by atoms with Gasteiger partial charge in [0.05, 0.1) is 7.11 Å². The van der Waals surface area contributed by atoms with Gasteiger partial charge in [-0.1, -0.05) is 26.0 Å². The molecule has 1 aromatic rings. The molecule has 1 atom stereocenters. The van der Waals surface area contributed by atoms with Crippen LogP contribution in [0.1, 0.15) is 39.2 Å².